The molecular weight excluding hydrogens is 368 g/mol. The lowest BCUT2D eigenvalue weighted by Gasteiger charge is -2.30. The number of anilines is 1. The highest BCUT2D eigenvalue weighted by molar-refractivity contribution is 7.92. The monoisotopic (exact) mass is 388 g/mol. The molecule has 2 aromatic rings. The number of sulfonamides is 1. The predicted octanol–water partition coefficient (Wildman–Crippen LogP) is 1.73. The number of fused-ring (bicyclic) bond motifs is 1. The molecule has 0 saturated carbocycles. The molecule has 0 spiro atoms. The first-order valence-corrected chi connectivity index (χ1v) is 9.96. The van der Waals surface area contributed by atoms with Crippen LogP contribution in [0.25, 0.3) is 0 Å². The molecule has 0 bridgehead atoms. The van der Waals surface area contributed by atoms with Crippen LogP contribution >= 0.6 is 0 Å². The molecule has 1 heterocycles. The van der Waals surface area contributed by atoms with Crippen LogP contribution in [0.2, 0.25) is 0 Å². The molecule has 0 unspecified atom stereocenters. The average Bonchev–Trinajstić information content (AvgIpc) is 2.71. The smallest absolute Gasteiger partial charge is 0.338 e. The molecule has 0 atom stereocenters. The number of nitrogens with zero attached hydrogens (tertiary/aromatic N) is 1. The fraction of sp³-hybridized carbons (Fsp3) is 0.263. The van der Waals surface area contributed by atoms with Gasteiger partial charge in [0.05, 0.1) is 16.1 Å². The normalized spacial score (nSPS) is 13.6. The third-order valence-electron chi connectivity index (χ3n) is 4.36. The second kappa shape index (κ2) is 7.79. The largest absolute Gasteiger partial charge is 0.452 e. The van der Waals surface area contributed by atoms with Crippen LogP contribution in [0.3, 0.4) is 0 Å². The highest BCUT2D eigenvalue weighted by Gasteiger charge is 2.29. The summed E-state index contributed by atoms with van der Waals surface area (Å²) in [5, 5.41) is 2.34. The second-order valence-electron chi connectivity index (χ2n) is 6.08. The molecule has 0 aliphatic carbocycles. The number of benzene rings is 2. The number of likely N-dealkylation sites (N-methyl/N-ethyl adjacent to an activating group) is 1. The van der Waals surface area contributed by atoms with Crippen molar-refractivity contribution in [1.82, 2.24) is 5.32 Å². The standard InChI is InChI=1S/C19H20N2O5S/c1-20-18(22)13-26-19(23)15-8-10-16(11-9-15)27(24,25)21-12-4-6-14-5-2-3-7-17(14)21/h2-3,5,7-11H,4,6,12-13H2,1H3,(H,20,22). The van der Waals surface area contributed by atoms with Crippen molar-refractivity contribution in [3.63, 3.8) is 0 Å². The zero-order valence-corrected chi connectivity index (χ0v) is 15.7. The quantitative estimate of drug-likeness (QED) is 0.788. The lowest BCUT2D eigenvalue weighted by atomic mass is 10.0. The molecule has 7 nitrogen and oxygen atoms in total. The van der Waals surface area contributed by atoms with E-state index in [0.29, 0.717) is 12.2 Å². The Morgan fingerprint density at radius 1 is 1.11 bits per heavy atom. The van der Waals surface area contributed by atoms with Crippen molar-refractivity contribution >= 4 is 27.6 Å². The van der Waals surface area contributed by atoms with Crippen molar-refractivity contribution in [3.8, 4) is 0 Å². The fourth-order valence-corrected chi connectivity index (χ4v) is 4.47. The average molecular weight is 388 g/mol. The summed E-state index contributed by atoms with van der Waals surface area (Å²) in [6.45, 7) is 0.0230. The number of aryl methyl sites for hydroxylation is 1. The van der Waals surface area contributed by atoms with Gasteiger partial charge < -0.3 is 10.1 Å². The summed E-state index contributed by atoms with van der Waals surface area (Å²) >= 11 is 0. The van der Waals surface area contributed by atoms with E-state index < -0.39 is 21.9 Å². The number of rotatable bonds is 5. The second-order valence-corrected chi connectivity index (χ2v) is 7.95. The van der Waals surface area contributed by atoms with Crippen molar-refractivity contribution in [1.29, 1.82) is 0 Å². The van der Waals surface area contributed by atoms with Gasteiger partial charge in [-0.2, -0.15) is 0 Å². The number of nitrogens with one attached hydrogen (secondary N) is 1. The van der Waals surface area contributed by atoms with Crippen molar-refractivity contribution < 1.29 is 22.7 Å². The topological polar surface area (TPSA) is 92.8 Å². The molecule has 1 N–H and O–H groups in total. The molecule has 2 aromatic carbocycles. The molecule has 142 valence electrons. The highest BCUT2D eigenvalue weighted by Crippen LogP contribution is 2.31. The van der Waals surface area contributed by atoms with Gasteiger partial charge in [-0.15, -0.1) is 0 Å². The molecule has 1 aliphatic rings. The summed E-state index contributed by atoms with van der Waals surface area (Å²) in [6.07, 6.45) is 1.60. The number of ether oxygens (including phenoxy) is 1. The number of para-hydroxylation sites is 1. The first-order chi connectivity index (χ1) is 12.9. The Bertz CT molecular complexity index is 954. The van der Waals surface area contributed by atoms with Crippen LogP contribution in [0.1, 0.15) is 22.3 Å². The molecule has 1 amide bonds. The van der Waals surface area contributed by atoms with E-state index in [2.05, 4.69) is 5.32 Å². The molecule has 3 rings (SSSR count). The number of carbonyl (C=O) groups excluding carboxylic acids is 2. The SMILES string of the molecule is CNC(=O)COC(=O)c1ccc(S(=O)(=O)N2CCCc3ccccc32)cc1. The zero-order chi connectivity index (χ0) is 19.4. The Morgan fingerprint density at radius 2 is 1.81 bits per heavy atom. The van der Waals surface area contributed by atoms with Crippen LogP contribution in [0.5, 0.6) is 0 Å². The van der Waals surface area contributed by atoms with Crippen LogP contribution in [-0.4, -0.2) is 40.5 Å². The number of amides is 1. The van der Waals surface area contributed by atoms with Crippen LogP contribution in [0.15, 0.2) is 53.4 Å². The minimum absolute atomic E-state index is 0.0991. The molecule has 0 radical (unpaired) electrons. The molecular formula is C19H20N2O5S. The van der Waals surface area contributed by atoms with Gasteiger partial charge in [0.1, 0.15) is 0 Å². The first kappa shape index (κ1) is 18.9. The van der Waals surface area contributed by atoms with Gasteiger partial charge in [0, 0.05) is 13.6 Å². The Labute approximate surface area is 158 Å². The summed E-state index contributed by atoms with van der Waals surface area (Å²) in [6, 6.07) is 13.0. The van der Waals surface area contributed by atoms with Gasteiger partial charge in [-0.25, -0.2) is 13.2 Å². The van der Waals surface area contributed by atoms with Gasteiger partial charge in [0.25, 0.3) is 15.9 Å². The number of hydrogen-bond acceptors (Lipinski definition) is 5. The summed E-state index contributed by atoms with van der Waals surface area (Å²) in [4.78, 5) is 23.2. The van der Waals surface area contributed by atoms with Gasteiger partial charge in [-0.05, 0) is 48.7 Å². The molecule has 8 heteroatoms. The zero-order valence-electron chi connectivity index (χ0n) is 14.8. The minimum Gasteiger partial charge on any atom is -0.452 e. The molecule has 1 aliphatic heterocycles. The van der Waals surface area contributed by atoms with E-state index >= 15 is 0 Å². The summed E-state index contributed by atoms with van der Waals surface area (Å²) in [7, 11) is -2.29. The minimum atomic E-state index is -3.73. The van der Waals surface area contributed by atoms with Crippen LogP contribution < -0.4 is 9.62 Å². The summed E-state index contributed by atoms with van der Waals surface area (Å²) in [5.41, 5.74) is 1.87. The highest BCUT2D eigenvalue weighted by atomic mass is 32.2. The van der Waals surface area contributed by atoms with Crippen molar-refractivity contribution in [2.45, 2.75) is 17.7 Å². The van der Waals surface area contributed by atoms with E-state index in [1.807, 2.05) is 18.2 Å². The predicted molar refractivity (Wildman–Crippen MR) is 100 cm³/mol. The van der Waals surface area contributed by atoms with Crippen molar-refractivity contribution in [2.75, 3.05) is 24.5 Å². The van der Waals surface area contributed by atoms with E-state index in [-0.39, 0.29) is 17.1 Å². The van der Waals surface area contributed by atoms with E-state index in [0.717, 1.165) is 18.4 Å². The number of hydrogen-bond donors (Lipinski definition) is 1. The van der Waals surface area contributed by atoms with Gasteiger partial charge in [-0.3, -0.25) is 9.10 Å². The lowest BCUT2D eigenvalue weighted by molar-refractivity contribution is -0.123. The van der Waals surface area contributed by atoms with Crippen molar-refractivity contribution in [2.24, 2.45) is 0 Å². The Kier molecular flexibility index (Phi) is 5.46. The third-order valence-corrected chi connectivity index (χ3v) is 6.19. The Hall–Kier alpha value is -2.87. The first-order valence-electron chi connectivity index (χ1n) is 8.52. The maximum atomic E-state index is 13.0. The summed E-state index contributed by atoms with van der Waals surface area (Å²) < 4.78 is 32.3. The van der Waals surface area contributed by atoms with Crippen LogP contribution in [0, 0.1) is 0 Å². The molecule has 0 aromatic heterocycles. The Balaban J connectivity index is 1.81. The number of esters is 1. The molecule has 27 heavy (non-hydrogen) atoms. The van der Waals surface area contributed by atoms with E-state index in [1.165, 1.54) is 35.6 Å². The number of carbonyl (C=O) groups is 2. The lowest BCUT2D eigenvalue weighted by Crippen LogP contribution is -2.35. The van der Waals surface area contributed by atoms with Gasteiger partial charge in [-0.1, -0.05) is 18.2 Å². The van der Waals surface area contributed by atoms with Gasteiger partial charge >= 0.3 is 5.97 Å². The maximum Gasteiger partial charge on any atom is 0.338 e. The fourth-order valence-electron chi connectivity index (χ4n) is 2.93. The summed E-state index contributed by atoms with van der Waals surface area (Å²) in [5.74, 6) is -1.11. The van der Waals surface area contributed by atoms with Gasteiger partial charge in [0.15, 0.2) is 6.61 Å². The van der Waals surface area contributed by atoms with Crippen LogP contribution in [0.4, 0.5) is 5.69 Å². The Morgan fingerprint density at radius 3 is 2.52 bits per heavy atom. The molecule has 0 fully saturated rings. The molecule has 0 saturated heterocycles. The van der Waals surface area contributed by atoms with Crippen LogP contribution in [-0.2, 0) is 26.0 Å². The van der Waals surface area contributed by atoms with Gasteiger partial charge in [0.2, 0.25) is 0 Å². The van der Waals surface area contributed by atoms with E-state index in [4.69, 9.17) is 4.74 Å². The van der Waals surface area contributed by atoms with Crippen molar-refractivity contribution in [3.05, 3.63) is 59.7 Å². The third kappa shape index (κ3) is 3.95. The van der Waals surface area contributed by atoms with E-state index in [1.54, 1.807) is 6.07 Å². The van der Waals surface area contributed by atoms with E-state index in [9.17, 15) is 18.0 Å². The maximum absolute atomic E-state index is 13.0.